The fraction of sp³-hybridized carbons (Fsp3) is 0.391. The summed E-state index contributed by atoms with van der Waals surface area (Å²) in [5, 5.41) is 1.41. The third-order valence-corrected chi connectivity index (χ3v) is 6.74. The molecule has 2 unspecified atom stereocenters. The molecule has 1 aliphatic carbocycles. The fourth-order valence-electron chi connectivity index (χ4n) is 5.35. The Morgan fingerprint density at radius 3 is 2.92 bits per heavy atom. The molecule has 26 heavy (non-hydrogen) atoms. The molecule has 2 aliphatic rings. The number of rotatable bonds is 2. The number of piperidine rings is 1. The number of para-hydroxylation sites is 1. The van der Waals surface area contributed by atoms with E-state index in [2.05, 4.69) is 65.5 Å². The summed E-state index contributed by atoms with van der Waals surface area (Å²) in [4.78, 5) is 6.24. The molecule has 0 saturated carbocycles. The van der Waals surface area contributed by atoms with E-state index in [0.717, 1.165) is 31.7 Å². The lowest BCUT2D eigenvalue weighted by Gasteiger charge is -2.50. The second-order valence-electron chi connectivity index (χ2n) is 8.11. The van der Waals surface area contributed by atoms with Crippen LogP contribution >= 0.6 is 0 Å². The van der Waals surface area contributed by atoms with Crippen LogP contribution in [-0.2, 0) is 18.3 Å². The van der Waals surface area contributed by atoms with Crippen molar-refractivity contribution in [3.8, 4) is 5.75 Å². The molecule has 0 amide bonds. The largest absolute Gasteiger partial charge is 0.497 e. The smallest absolute Gasteiger partial charge is 0.119 e. The summed E-state index contributed by atoms with van der Waals surface area (Å²) in [6.07, 6.45) is 3.46. The van der Waals surface area contributed by atoms with Gasteiger partial charge in [-0.3, -0.25) is 0 Å². The Morgan fingerprint density at radius 1 is 1.15 bits per heavy atom. The van der Waals surface area contributed by atoms with Gasteiger partial charge >= 0.3 is 0 Å². The van der Waals surface area contributed by atoms with E-state index in [1.54, 1.807) is 12.7 Å². The Balaban J connectivity index is 1.66. The van der Waals surface area contributed by atoms with E-state index < -0.39 is 0 Å². The first-order chi connectivity index (χ1) is 12.7. The molecule has 0 bridgehead atoms. The lowest BCUT2D eigenvalue weighted by molar-refractivity contribution is 0.0994. The van der Waals surface area contributed by atoms with Gasteiger partial charge in [0, 0.05) is 28.6 Å². The van der Waals surface area contributed by atoms with Gasteiger partial charge in [0.1, 0.15) is 5.75 Å². The predicted molar refractivity (Wildman–Crippen MR) is 106 cm³/mol. The van der Waals surface area contributed by atoms with Crippen molar-refractivity contribution in [2.45, 2.75) is 24.7 Å². The molecule has 2 aromatic carbocycles. The molecule has 1 fully saturated rings. The fourth-order valence-corrected chi connectivity index (χ4v) is 5.35. The number of likely N-dealkylation sites (tertiary alicyclic amines) is 1. The predicted octanol–water partition coefficient (Wildman–Crippen LogP) is 4.16. The summed E-state index contributed by atoms with van der Waals surface area (Å²) in [6.45, 7) is 2.32. The highest BCUT2D eigenvalue weighted by molar-refractivity contribution is 5.85. The number of benzene rings is 2. The van der Waals surface area contributed by atoms with Crippen molar-refractivity contribution in [2.24, 2.45) is 5.92 Å². The minimum atomic E-state index is 0.203. The van der Waals surface area contributed by atoms with Gasteiger partial charge in [-0.05, 0) is 68.1 Å². The van der Waals surface area contributed by atoms with Crippen LogP contribution in [0.5, 0.6) is 5.75 Å². The number of H-pyrrole nitrogens is 1. The van der Waals surface area contributed by atoms with Crippen molar-refractivity contribution in [1.82, 2.24) is 9.88 Å². The average molecular weight is 346 g/mol. The number of nitrogens with one attached hydrogen (secondary N) is 1. The van der Waals surface area contributed by atoms with E-state index in [9.17, 15) is 0 Å². The van der Waals surface area contributed by atoms with Gasteiger partial charge in [0.2, 0.25) is 0 Å². The second kappa shape index (κ2) is 5.88. The van der Waals surface area contributed by atoms with Crippen LogP contribution in [0.1, 0.15) is 23.2 Å². The molecule has 1 saturated heterocycles. The van der Waals surface area contributed by atoms with E-state index in [-0.39, 0.29) is 5.41 Å². The first-order valence-electron chi connectivity index (χ1n) is 9.61. The number of hydrogen-bond donors (Lipinski definition) is 1. The zero-order chi connectivity index (χ0) is 17.7. The van der Waals surface area contributed by atoms with Crippen LogP contribution < -0.4 is 4.74 Å². The number of aromatic nitrogens is 1. The number of ether oxygens (including phenoxy) is 1. The molecule has 0 spiro atoms. The van der Waals surface area contributed by atoms with Gasteiger partial charge < -0.3 is 14.6 Å². The second-order valence-corrected chi connectivity index (χ2v) is 8.11. The molecule has 5 rings (SSSR count). The molecule has 1 N–H and O–H groups in total. The van der Waals surface area contributed by atoms with Crippen LogP contribution in [-0.4, -0.2) is 37.1 Å². The van der Waals surface area contributed by atoms with Crippen LogP contribution in [0.25, 0.3) is 10.9 Å². The molecule has 2 heterocycles. The third-order valence-electron chi connectivity index (χ3n) is 6.74. The number of fused-ring (bicyclic) bond motifs is 4. The number of nitrogens with zero attached hydrogens (tertiary/aromatic N) is 1. The van der Waals surface area contributed by atoms with Gasteiger partial charge in [-0.15, -0.1) is 0 Å². The van der Waals surface area contributed by atoms with Crippen molar-refractivity contribution in [2.75, 3.05) is 27.2 Å². The third kappa shape index (κ3) is 2.30. The van der Waals surface area contributed by atoms with Crippen LogP contribution in [0.2, 0.25) is 0 Å². The molecule has 3 heteroatoms. The minimum absolute atomic E-state index is 0.203. The van der Waals surface area contributed by atoms with E-state index in [1.807, 2.05) is 0 Å². The summed E-state index contributed by atoms with van der Waals surface area (Å²) in [7, 11) is 4.03. The summed E-state index contributed by atoms with van der Waals surface area (Å²) < 4.78 is 5.54. The van der Waals surface area contributed by atoms with E-state index in [0.29, 0.717) is 5.92 Å². The SMILES string of the molecule is COc1cccc(C23CCN(C)CC2Cc2c([nH]c4ccccc24)C3)c1. The molecule has 1 aliphatic heterocycles. The first kappa shape index (κ1) is 16.0. The van der Waals surface area contributed by atoms with Crippen LogP contribution in [0.15, 0.2) is 48.5 Å². The summed E-state index contributed by atoms with van der Waals surface area (Å²) >= 11 is 0. The Morgan fingerprint density at radius 2 is 2.04 bits per heavy atom. The Bertz CT molecular complexity index is 960. The highest BCUT2D eigenvalue weighted by atomic mass is 16.5. The van der Waals surface area contributed by atoms with Gasteiger partial charge in [-0.1, -0.05) is 30.3 Å². The van der Waals surface area contributed by atoms with Gasteiger partial charge in [-0.25, -0.2) is 0 Å². The van der Waals surface area contributed by atoms with Gasteiger partial charge in [-0.2, -0.15) is 0 Å². The number of methoxy groups -OCH3 is 1. The molecular formula is C23H26N2O. The van der Waals surface area contributed by atoms with Crippen LogP contribution in [0.3, 0.4) is 0 Å². The monoisotopic (exact) mass is 346 g/mol. The standard InChI is InChI=1S/C23H26N2O/c1-25-11-10-23(16-6-5-7-18(12-16)26-2)14-22-20(13-17(23)15-25)19-8-3-4-9-21(19)24-22/h3-9,12,17,24H,10-11,13-15H2,1-2H3. The Kier molecular flexibility index (Phi) is 3.61. The molecular weight excluding hydrogens is 320 g/mol. The highest BCUT2D eigenvalue weighted by Crippen LogP contribution is 2.49. The maximum absolute atomic E-state index is 5.54. The van der Waals surface area contributed by atoms with Crippen molar-refractivity contribution >= 4 is 10.9 Å². The topological polar surface area (TPSA) is 28.3 Å². The zero-order valence-electron chi connectivity index (χ0n) is 15.6. The number of aromatic amines is 1. The van der Waals surface area contributed by atoms with Gasteiger partial charge in [0.15, 0.2) is 0 Å². The minimum Gasteiger partial charge on any atom is -0.497 e. The molecule has 0 radical (unpaired) electrons. The first-order valence-corrected chi connectivity index (χ1v) is 9.61. The molecule has 3 nitrogen and oxygen atoms in total. The van der Waals surface area contributed by atoms with Crippen molar-refractivity contribution in [1.29, 1.82) is 0 Å². The summed E-state index contributed by atoms with van der Waals surface area (Å²) in [5.41, 5.74) is 5.91. The molecule has 134 valence electrons. The normalized spacial score (nSPS) is 25.7. The molecule has 2 atom stereocenters. The molecule has 3 aromatic rings. The number of hydrogen-bond acceptors (Lipinski definition) is 2. The maximum atomic E-state index is 5.54. The summed E-state index contributed by atoms with van der Waals surface area (Å²) in [6, 6.07) is 17.6. The Labute approximate surface area is 155 Å². The molecule has 1 aromatic heterocycles. The van der Waals surface area contributed by atoms with E-state index in [4.69, 9.17) is 4.74 Å². The van der Waals surface area contributed by atoms with E-state index in [1.165, 1.54) is 28.6 Å². The summed E-state index contributed by atoms with van der Waals surface area (Å²) in [5.74, 6) is 1.61. The quantitative estimate of drug-likeness (QED) is 0.754. The van der Waals surface area contributed by atoms with Crippen molar-refractivity contribution < 1.29 is 4.74 Å². The van der Waals surface area contributed by atoms with E-state index >= 15 is 0 Å². The maximum Gasteiger partial charge on any atom is 0.119 e. The zero-order valence-corrected chi connectivity index (χ0v) is 15.6. The van der Waals surface area contributed by atoms with Gasteiger partial charge in [0.25, 0.3) is 0 Å². The van der Waals surface area contributed by atoms with Crippen LogP contribution in [0.4, 0.5) is 0 Å². The van der Waals surface area contributed by atoms with Crippen molar-refractivity contribution in [3.05, 3.63) is 65.4 Å². The highest BCUT2D eigenvalue weighted by Gasteiger charge is 2.47. The van der Waals surface area contributed by atoms with Crippen molar-refractivity contribution in [3.63, 3.8) is 0 Å². The average Bonchev–Trinajstić information content (AvgIpc) is 3.03. The lowest BCUT2D eigenvalue weighted by atomic mass is 9.59. The van der Waals surface area contributed by atoms with Gasteiger partial charge in [0.05, 0.1) is 7.11 Å². The lowest BCUT2D eigenvalue weighted by Crippen LogP contribution is -2.52. The Hall–Kier alpha value is -2.26. The van der Waals surface area contributed by atoms with Crippen LogP contribution in [0, 0.1) is 5.92 Å².